The minimum Gasteiger partial charge on any atom is -0.480 e. The van der Waals surface area contributed by atoms with E-state index in [9.17, 15) is 23.3 Å². The van der Waals surface area contributed by atoms with E-state index in [-0.39, 0.29) is 35.9 Å². The van der Waals surface area contributed by atoms with Gasteiger partial charge in [0.15, 0.2) is 5.96 Å². The summed E-state index contributed by atoms with van der Waals surface area (Å²) in [5.41, 5.74) is 9.99. The number of nitro benzene ring substituents is 1. The van der Waals surface area contributed by atoms with E-state index in [1.807, 2.05) is 4.72 Å². The number of non-ortho nitro benzene ring substituents is 1. The summed E-state index contributed by atoms with van der Waals surface area (Å²) < 4.78 is 26.4. The lowest BCUT2D eigenvalue weighted by Gasteiger charge is -2.14. The van der Waals surface area contributed by atoms with E-state index < -0.39 is 27.0 Å². The summed E-state index contributed by atoms with van der Waals surface area (Å²) in [6.07, 6.45) is 0.218. The van der Waals surface area contributed by atoms with E-state index >= 15 is 0 Å². The van der Waals surface area contributed by atoms with E-state index in [4.69, 9.17) is 16.6 Å². The maximum absolute atomic E-state index is 12.2. The second-order valence-electron chi connectivity index (χ2n) is 4.71. The lowest BCUT2D eigenvalue weighted by atomic mass is 10.2. The number of benzene rings is 1. The summed E-state index contributed by atoms with van der Waals surface area (Å²) in [7, 11) is -4.14. The maximum atomic E-state index is 12.2. The lowest BCUT2D eigenvalue weighted by Crippen LogP contribution is -2.40. The highest BCUT2D eigenvalue weighted by molar-refractivity contribution is 7.89. The number of sulfonamides is 1. The predicted octanol–water partition coefficient (Wildman–Crippen LogP) is -0.620. The topological polar surface area (TPSA) is 191 Å². The highest BCUT2D eigenvalue weighted by Gasteiger charge is 2.25. The van der Waals surface area contributed by atoms with Crippen molar-refractivity contribution in [2.45, 2.75) is 23.8 Å². The maximum Gasteiger partial charge on any atom is 0.321 e. The minimum absolute atomic E-state index is 0.0294. The molecule has 0 saturated heterocycles. The Bertz CT molecular complexity index is 727. The van der Waals surface area contributed by atoms with Crippen LogP contribution < -0.4 is 16.2 Å². The number of nitrogens with zero attached hydrogens (tertiary/aromatic N) is 2. The highest BCUT2D eigenvalue weighted by atomic mass is 32.2. The van der Waals surface area contributed by atoms with E-state index in [1.54, 1.807) is 0 Å². The average molecular weight is 359 g/mol. The first-order valence-electron chi connectivity index (χ1n) is 6.68. The molecule has 0 amide bonds. The van der Waals surface area contributed by atoms with Crippen LogP contribution in [0, 0.1) is 10.1 Å². The van der Waals surface area contributed by atoms with E-state index in [1.165, 1.54) is 0 Å². The number of nitro groups is 1. The van der Waals surface area contributed by atoms with Crippen molar-refractivity contribution in [2.24, 2.45) is 16.5 Å². The molecule has 1 atom stereocenters. The molecule has 0 aliphatic heterocycles. The van der Waals surface area contributed by atoms with Gasteiger partial charge in [-0.1, -0.05) is 0 Å². The van der Waals surface area contributed by atoms with Crippen molar-refractivity contribution in [1.82, 2.24) is 4.72 Å². The monoisotopic (exact) mass is 359 g/mol. The van der Waals surface area contributed by atoms with Gasteiger partial charge in [-0.25, -0.2) is 8.42 Å². The van der Waals surface area contributed by atoms with Crippen LogP contribution in [-0.4, -0.2) is 43.0 Å². The number of hydrogen-bond acceptors (Lipinski definition) is 6. The fourth-order valence-electron chi connectivity index (χ4n) is 1.74. The van der Waals surface area contributed by atoms with Gasteiger partial charge in [0, 0.05) is 18.7 Å². The molecule has 0 unspecified atom stereocenters. The van der Waals surface area contributed by atoms with Crippen molar-refractivity contribution >= 4 is 27.6 Å². The Kier molecular flexibility index (Phi) is 6.61. The van der Waals surface area contributed by atoms with Crippen molar-refractivity contribution in [3.8, 4) is 0 Å². The van der Waals surface area contributed by atoms with Gasteiger partial charge in [-0.2, -0.15) is 4.72 Å². The fraction of sp³-hybridized carbons (Fsp3) is 0.333. The SMILES string of the molecule is NC(N)=NCCC[C@@H](NS(=O)(=O)c1ccc([N+](=O)[O-])cc1)C(=O)O. The summed E-state index contributed by atoms with van der Waals surface area (Å²) in [5, 5.41) is 19.7. The predicted molar refractivity (Wildman–Crippen MR) is 84.8 cm³/mol. The van der Waals surface area contributed by atoms with Crippen LogP contribution in [0.4, 0.5) is 5.69 Å². The van der Waals surface area contributed by atoms with Gasteiger partial charge in [-0.05, 0) is 25.0 Å². The molecule has 6 N–H and O–H groups in total. The molecule has 0 aliphatic carbocycles. The van der Waals surface area contributed by atoms with Crippen LogP contribution in [0.1, 0.15) is 12.8 Å². The highest BCUT2D eigenvalue weighted by Crippen LogP contribution is 2.16. The molecule has 24 heavy (non-hydrogen) atoms. The lowest BCUT2D eigenvalue weighted by molar-refractivity contribution is -0.384. The third-order valence-electron chi connectivity index (χ3n) is 2.90. The Morgan fingerprint density at radius 1 is 1.33 bits per heavy atom. The number of nitrogens with two attached hydrogens (primary N) is 2. The number of carbonyl (C=O) groups is 1. The van der Waals surface area contributed by atoms with Crippen LogP contribution in [0.2, 0.25) is 0 Å². The summed E-state index contributed by atoms with van der Waals surface area (Å²) in [6, 6.07) is 2.71. The Balaban J connectivity index is 2.82. The molecular formula is C12H17N5O6S. The smallest absolute Gasteiger partial charge is 0.321 e. The number of hydrogen-bond donors (Lipinski definition) is 4. The molecule has 11 nitrogen and oxygen atoms in total. The van der Waals surface area contributed by atoms with Crippen molar-refractivity contribution in [2.75, 3.05) is 6.54 Å². The summed E-state index contributed by atoms with van der Waals surface area (Å²) >= 11 is 0. The van der Waals surface area contributed by atoms with Crippen molar-refractivity contribution < 1.29 is 23.2 Å². The third kappa shape index (κ3) is 5.81. The molecule has 0 fully saturated rings. The average Bonchev–Trinajstić information content (AvgIpc) is 2.49. The number of carboxylic acids is 1. The van der Waals surface area contributed by atoms with Gasteiger partial charge in [0.25, 0.3) is 5.69 Å². The summed E-state index contributed by atoms with van der Waals surface area (Å²) in [4.78, 5) is 24.5. The number of carboxylic acid groups (broad SMARTS) is 1. The number of rotatable bonds is 9. The molecule has 1 aromatic carbocycles. The molecule has 0 radical (unpaired) electrons. The number of nitrogens with one attached hydrogen (secondary N) is 1. The Hall–Kier alpha value is -2.73. The number of guanidine groups is 1. The molecule has 12 heteroatoms. The first kappa shape index (κ1) is 19.3. The standard InChI is InChI=1S/C12H17N5O6S/c13-12(14)15-7-1-2-10(11(18)19)16-24(22,23)9-5-3-8(4-6-9)17(20)21/h3-6,10,16H,1-2,7H2,(H,18,19)(H4,13,14,15)/t10-/m1/s1. The van der Waals surface area contributed by atoms with Crippen LogP contribution in [0.5, 0.6) is 0 Å². The quantitative estimate of drug-likeness (QED) is 0.147. The zero-order valence-electron chi connectivity index (χ0n) is 12.5. The molecule has 1 rings (SSSR count). The third-order valence-corrected chi connectivity index (χ3v) is 4.39. The molecule has 0 bridgehead atoms. The van der Waals surface area contributed by atoms with Gasteiger partial charge in [-0.15, -0.1) is 0 Å². The largest absolute Gasteiger partial charge is 0.480 e. The summed E-state index contributed by atoms with van der Waals surface area (Å²) in [5.74, 6) is -1.50. The van der Waals surface area contributed by atoms with Crippen LogP contribution in [0.3, 0.4) is 0 Å². The van der Waals surface area contributed by atoms with Crippen molar-refractivity contribution in [1.29, 1.82) is 0 Å². The minimum atomic E-state index is -4.14. The molecule has 1 aromatic rings. The Morgan fingerprint density at radius 2 is 1.92 bits per heavy atom. The van der Waals surface area contributed by atoms with Gasteiger partial charge >= 0.3 is 5.97 Å². The van der Waals surface area contributed by atoms with Crippen LogP contribution in [0.15, 0.2) is 34.2 Å². The zero-order valence-corrected chi connectivity index (χ0v) is 13.3. The first-order chi connectivity index (χ1) is 11.1. The molecule has 0 aromatic heterocycles. The van der Waals surface area contributed by atoms with E-state index in [2.05, 4.69) is 4.99 Å². The molecule has 0 aliphatic rings. The van der Waals surface area contributed by atoms with Crippen molar-refractivity contribution in [3.05, 3.63) is 34.4 Å². The Morgan fingerprint density at radius 3 is 2.38 bits per heavy atom. The van der Waals surface area contributed by atoms with Gasteiger partial charge in [0.1, 0.15) is 6.04 Å². The second-order valence-corrected chi connectivity index (χ2v) is 6.43. The van der Waals surface area contributed by atoms with Crippen LogP contribution in [-0.2, 0) is 14.8 Å². The van der Waals surface area contributed by atoms with Crippen LogP contribution >= 0.6 is 0 Å². The van der Waals surface area contributed by atoms with Crippen LogP contribution in [0.25, 0.3) is 0 Å². The molecule has 132 valence electrons. The fourth-order valence-corrected chi connectivity index (χ4v) is 2.96. The van der Waals surface area contributed by atoms with E-state index in [0.29, 0.717) is 0 Å². The Labute approximate surface area is 137 Å². The van der Waals surface area contributed by atoms with Gasteiger partial charge in [-0.3, -0.25) is 19.9 Å². The van der Waals surface area contributed by atoms with Crippen molar-refractivity contribution in [3.63, 3.8) is 0 Å². The molecular weight excluding hydrogens is 342 g/mol. The van der Waals surface area contributed by atoms with Gasteiger partial charge in [0.05, 0.1) is 9.82 Å². The molecule has 0 saturated carbocycles. The molecule has 0 heterocycles. The molecule has 0 spiro atoms. The first-order valence-corrected chi connectivity index (χ1v) is 8.17. The zero-order chi connectivity index (χ0) is 18.3. The van der Waals surface area contributed by atoms with E-state index in [0.717, 1.165) is 24.3 Å². The van der Waals surface area contributed by atoms with Gasteiger partial charge < -0.3 is 16.6 Å². The van der Waals surface area contributed by atoms with Gasteiger partial charge in [0.2, 0.25) is 10.0 Å². The number of aliphatic imine (C=N–C) groups is 1. The summed E-state index contributed by atoms with van der Waals surface area (Å²) in [6.45, 7) is 0.158. The normalized spacial score (nSPS) is 12.3. The second kappa shape index (κ2) is 8.21. The number of aliphatic carboxylic acids is 1.